The number of ether oxygens (including phenoxy) is 4. The van der Waals surface area contributed by atoms with Crippen molar-refractivity contribution in [3.05, 3.63) is 23.8 Å². The molecule has 0 unspecified atom stereocenters. The maximum Gasteiger partial charge on any atom is 0.336 e. The van der Waals surface area contributed by atoms with Gasteiger partial charge in [-0.2, -0.15) is 0 Å². The van der Waals surface area contributed by atoms with E-state index in [-0.39, 0.29) is 23.5 Å². The molecule has 8 atom stereocenters. The van der Waals surface area contributed by atoms with E-state index in [0.29, 0.717) is 37.7 Å². The fraction of sp³-hybridized carbons (Fsp3) is 0.833. The zero-order chi connectivity index (χ0) is 27.7. The van der Waals surface area contributed by atoms with E-state index >= 15 is 0 Å². The fourth-order valence-electron chi connectivity index (χ4n) is 7.98. The van der Waals surface area contributed by atoms with Gasteiger partial charge >= 0.3 is 5.97 Å². The molecule has 6 aliphatic rings. The molecule has 2 bridgehead atoms. The zero-order valence-corrected chi connectivity index (χ0v) is 23.6. The molecule has 6 rings (SSSR count). The Morgan fingerprint density at radius 1 is 1.05 bits per heavy atom. The Labute approximate surface area is 226 Å². The predicted octanol–water partition coefficient (Wildman–Crippen LogP) is 3.77. The lowest BCUT2D eigenvalue weighted by atomic mass is 9.57. The van der Waals surface area contributed by atoms with Crippen LogP contribution in [0.1, 0.15) is 86.0 Å². The van der Waals surface area contributed by atoms with E-state index in [4.69, 9.17) is 18.9 Å². The third-order valence-electron chi connectivity index (χ3n) is 10.6. The summed E-state index contributed by atoms with van der Waals surface area (Å²) in [6, 6.07) is 0. The number of aliphatic hydroxyl groups is 3. The van der Waals surface area contributed by atoms with Crippen LogP contribution in [0.5, 0.6) is 0 Å². The first-order valence-corrected chi connectivity index (χ1v) is 14.3. The Balaban J connectivity index is 1.21. The van der Waals surface area contributed by atoms with Gasteiger partial charge < -0.3 is 34.3 Å². The van der Waals surface area contributed by atoms with Crippen LogP contribution < -0.4 is 0 Å². The van der Waals surface area contributed by atoms with E-state index in [1.807, 2.05) is 13.8 Å². The quantitative estimate of drug-likeness (QED) is 0.277. The molecular formula is C30H46O8. The van der Waals surface area contributed by atoms with Crippen molar-refractivity contribution in [2.45, 2.75) is 121 Å². The van der Waals surface area contributed by atoms with Gasteiger partial charge in [-0.15, -0.1) is 0 Å². The smallest absolute Gasteiger partial charge is 0.336 e. The number of aliphatic hydroxyl groups excluding tert-OH is 2. The van der Waals surface area contributed by atoms with Crippen molar-refractivity contribution in [3.8, 4) is 0 Å². The van der Waals surface area contributed by atoms with Crippen LogP contribution in [0.4, 0.5) is 0 Å². The molecule has 0 aromatic carbocycles. The molecule has 5 heterocycles. The summed E-state index contributed by atoms with van der Waals surface area (Å²) >= 11 is 0. The van der Waals surface area contributed by atoms with E-state index in [1.165, 1.54) is 6.08 Å². The Morgan fingerprint density at radius 2 is 1.79 bits per heavy atom. The van der Waals surface area contributed by atoms with Gasteiger partial charge in [-0.05, 0) is 82.6 Å². The molecule has 0 aromatic rings. The minimum Gasteiger partial charge on any atom is -0.459 e. The summed E-state index contributed by atoms with van der Waals surface area (Å²) in [4.78, 5) is 12.0. The summed E-state index contributed by atoms with van der Waals surface area (Å²) in [6.45, 7) is 14.9. The van der Waals surface area contributed by atoms with E-state index in [9.17, 15) is 20.1 Å². The molecule has 1 saturated carbocycles. The number of carbonyl (C=O) groups excluding carboxylic acids is 1. The van der Waals surface area contributed by atoms with Gasteiger partial charge in [0.2, 0.25) is 5.79 Å². The highest BCUT2D eigenvalue weighted by Gasteiger charge is 2.71. The van der Waals surface area contributed by atoms with Crippen molar-refractivity contribution in [1.82, 2.24) is 0 Å². The minimum absolute atomic E-state index is 0.0624. The Kier molecular flexibility index (Phi) is 6.98. The van der Waals surface area contributed by atoms with Crippen molar-refractivity contribution >= 4 is 5.97 Å². The van der Waals surface area contributed by atoms with Crippen molar-refractivity contribution in [2.24, 2.45) is 23.2 Å². The van der Waals surface area contributed by atoms with E-state index < -0.39 is 41.0 Å². The van der Waals surface area contributed by atoms with Crippen LogP contribution in [0.2, 0.25) is 0 Å². The van der Waals surface area contributed by atoms with Crippen LogP contribution in [0.3, 0.4) is 0 Å². The molecule has 1 spiro atoms. The number of rotatable bonds is 5. The lowest BCUT2D eigenvalue weighted by molar-refractivity contribution is -0.522. The number of esters is 1. The molecule has 8 nitrogen and oxygen atoms in total. The highest BCUT2D eigenvalue weighted by atomic mass is 16.8. The lowest BCUT2D eigenvalue weighted by Gasteiger charge is -2.66. The Bertz CT molecular complexity index is 992. The standard InChI is InChI=1S/C30H46O8/c1-18-7-9-20(26(2,3)24(18)22(31)15-21-23(32)17-35-25(21)33)10-8-19-11-12-30(36-16-19)28(6)13-14-29(34,38-30)27(4,5)37-28/h15,19-20,22-24,31-32,34H,1,7-14,16-17H2,2-6H3/b21-15+/t19-,20+,22-,23+,24-,28+,29+,30+/m1/s1. The van der Waals surface area contributed by atoms with Gasteiger partial charge in [0.15, 0.2) is 5.79 Å². The van der Waals surface area contributed by atoms with Crippen LogP contribution in [-0.4, -0.2) is 69.5 Å². The summed E-state index contributed by atoms with van der Waals surface area (Å²) < 4.78 is 24.1. The molecule has 1 aliphatic carbocycles. The number of hydrogen-bond donors (Lipinski definition) is 3. The number of carbonyl (C=O) groups is 1. The van der Waals surface area contributed by atoms with Crippen molar-refractivity contribution < 1.29 is 39.1 Å². The van der Waals surface area contributed by atoms with Gasteiger partial charge in [-0.3, -0.25) is 0 Å². The average Bonchev–Trinajstić information content (AvgIpc) is 3.13. The van der Waals surface area contributed by atoms with Gasteiger partial charge in [0, 0.05) is 18.8 Å². The third kappa shape index (κ3) is 4.40. The SMILES string of the molecule is C=C1CC[C@@H](CC[C@@H]2CC[C@]3(OC2)O[C@@]2(O)CC[C@]3(C)OC2(C)C)C(C)(C)[C@H]1[C@H](O)/C=C1/C(=O)OC[C@@H]1O. The molecule has 0 radical (unpaired) electrons. The molecule has 5 saturated heterocycles. The highest BCUT2D eigenvalue weighted by Crippen LogP contribution is 2.59. The molecule has 0 aromatic heterocycles. The van der Waals surface area contributed by atoms with Crippen molar-refractivity contribution in [1.29, 1.82) is 0 Å². The second-order valence-corrected chi connectivity index (χ2v) is 13.7. The minimum atomic E-state index is -1.34. The molecule has 8 heteroatoms. The van der Waals surface area contributed by atoms with Gasteiger partial charge in [-0.25, -0.2) is 4.79 Å². The predicted molar refractivity (Wildman–Crippen MR) is 140 cm³/mol. The van der Waals surface area contributed by atoms with Crippen LogP contribution in [0.25, 0.3) is 0 Å². The van der Waals surface area contributed by atoms with Crippen LogP contribution in [0, 0.1) is 23.2 Å². The summed E-state index contributed by atoms with van der Waals surface area (Å²) in [6.07, 6.45) is 6.26. The molecule has 3 N–H and O–H groups in total. The summed E-state index contributed by atoms with van der Waals surface area (Å²) in [5, 5.41) is 32.4. The summed E-state index contributed by atoms with van der Waals surface area (Å²) in [7, 11) is 0. The van der Waals surface area contributed by atoms with Gasteiger partial charge in [0.05, 0.1) is 18.3 Å². The molecular weight excluding hydrogens is 488 g/mol. The van der Waals surface area contributed by atoms with Gasteiger partial charge in [0.25, 0.3) is 0 Å². The van der Waals surface area contributed by atoms with Crippen molar-refractivity contribution in [2.75, 3.05) is 13.2 Å². The second-order valence-electron chi connectivity index (χ2n) is 13.7. The largest absolute Gasteiger partial charge is 0.459 e. The van der Waals surface area contributed by atoms with E-state index in [2.05, 4.69) is 27.4 Å². The number of cyclic esters (lactones) is 1. The molecule has 38 heavy (non-hydrogen) atoms. The second kappa shape index (κ2) is 9.38. The zero-order valence-electron chi connectivity index (χ0n) is 23.6. The first-order chi connectivity index (χ1) is 17.6. The molecule has 6 fully saturated rings. The third-order valence-corrected chi connectivity index (χ3v) is 10.6. The van der Waals surface area contributed by atoms with Gasteiger partial charge in [-0.1, -0.05) is 26.0 Å². The van der Waals surface area contributed by atoms with Crippen molar-refractivity contribution in [3.63, 3.8) is 0 Å². The molecule has 214 valence electrons. The van der Waals surface area contributed by atoms with Crippen LogP contribution in [-0.2, 0) is 23.7 Å². The van der Waals surface area contributed by atoms with E-state index in [0.717, 1.165) is 37.7 Å². The summed E-state index contributed by atoms with van der Waals surface area (Å²) in [5.74, 6) is -2.29. The first kappa shape index (κ1) is 28.2. The molecule has 5 aliphatic heterocycles. The monoisotopic (exact) mass is 534 g/mol. The fourth-order valence-corrected chi connectivity index (χ4v) is 7.98. The summed E-state index contributed by atoms with van der Waals surface area (Å²) in [5.41, 5.74) is -0.485. The maximum absolute atomic E-state index is 12.0. The number of hydrogen-bond acceptors (Lipinski definition) is 8. The number of fused-ring (bicyclic) bond motifs is 2. The van der Waals surface area contributed by atoms with Crippen LogP contribution >= 0.6 is 0 Å². The lowest BCUT2D eigenvalue weighted by Crippen LogP contribution is -2.78. The Hall–Kier alpha value is -1.29. The average molecular weight is 535 g/mol. The van der Waals surface area contributed by atoms with Gasteiger partial charge in [0.1, 0.15) is 23.9 Å². The molecule has 0 amide bonds. The van der Waals surface area contributed by atoms with Crippen LogP contribution in [0.15, 0.2) is 23.8 Å². The highest BCUT2D eigenvalue weighted by molar-refractivity contribution is 5.91. The topological polar surface area (TPSA) is 115 Å². The first-order valence-electron chi connectivity index (χ1n) is 14.3. The Morgan fingerprint density at radius 3 is 2.39 bits per heavy atom. The van der Waals surface area contributed by atoms with E-state index in [1.54, 1.807) is 0 Å². The normalized spacial score (nSPS) is 45.9. The maximum atomic E-state index is 12.0.